The van der Waals surface area contributed by atoms with E-state index in [0.29, 0.717) is 25.9 Å². The Kier molecular flexibility index (Phi) is 3.84. The van der Waals surface area contributed by atoms with Gasteiger partial charge in [0.1, 0.15) is 17.1 Å². The van der Waals surface area contributed by atoms with Crippen molar-refractivity contribution in [2.45, 2.75) is 18.9 Å². The third-order valence-corrected chi connectivity index (χ3v) is 3.37. The van der Waals surface area contributed by atoms with Crippen molar-refractivity contribution in [1.29, 1.82) is 0 Å². The Balaban J connectivity index is 2.44. The lowest BCUT2D eigenvalue weighted by Gasteiger charge is -2.31. The van der Waals surface area contributed by atoms with Gasteiger partial charge in [0.15, 0.2) is 0 Å². The molecule has 0 saturated carbocycles. The molecular weight excluding hydrogens is 269 g/mol. The number of hydrogen-bond acceptors (Lipinski definition) is 5. The fraction of sp³-hybridized carbons (Fsp3) is 0.417. The van der Waals surface area contributed by atoms with Gasteiger partial charge in [-0.15, -0.1) is 0 Å². The smallest absolute Gasteiger partial charge is 0.338 e. The minimum absolute atomic E-state index is 0.0356. The van der Waals surface area contributed by atoms with Crippen LogP contribution in [0.2, 0.25) is 0 Å². The van der Waals surface area contributed by atoms with Gasteiger partial charge < -0.3 is 15.7 Å². The number of aromatic carboxylic acids is 1. The predicted molar refractivity (Wildman–Crippen MR) is 69.4 cm³/mol. The molecule has 1 heterocycles. The highest BCUT2D eigenvalue weighted by atomic mass is 19.1. The number of nitrogens with two attached hydrogens (primary N) is 1. The first-order chi connectivity index (χ1) is 9.40. The van der Waals surface area contributed by atoms with Crippen molar-refractivity contribution in [3.05, 3.63) is 33.6 Å². The van der Waals surface area contributed by atoms with E-state index in [4.69, 9.17) is 10.8 Å². The number of nitrogens with zero attached hydrogens (tertiary/aromatic N) is 2. The number of anilines is 1. The van der Waals surface area contributed by atoms with Crippen LogP contribution in [-0.4, -0.2) is 35.1 Å². The van der Waals surface area contributed by atoms with Crippen molar-refractivity contribution in [3.8, 4) is 0 Å². The molecule has 1 aromatic carbocycles. The molecule has 1 fully saturated rings. The van der Waals surface area contributed by atoms with Gasteiger partial charge in [-0.3, -0.25) is 10.1 Å². The number of carboxylic acids is 1. The standard InChI is InChI=1S/C12H14FN3O4/c13-9-6-10(15-3-1-7(14)2-4-15)11(16(19)20)5-8(9)12(17)18/h5-7H,1-4,14H2,(H,17,18). The molecule has 108 valence electrons. The normalized spacial score (nSPS) is 16.2. The molecule has 20 heavy (non-hydrogen) atoms. The second-order valence-corrected chi connectivity index (χ2v) is 4.71. The lowest BCUT2D eigenvalue weighted by molar-refractivity contribution is -0.384. The Bertz CT molecular complexity index is 556. The number of nitro groups is 1. The van der Waals surface area contributed by atoms with E-state index in [0.717, 1.165) is 12.1 Å². The second-order valence-electron chi connectivity index (χ2n) is 4.71. The maximum Gasteiger partial charge on any atom is 0.338 e. The molecule has 1 aromatic rings. The first kappa shape index (κ1) is 14.2. The van der Waals surface area contributed by atoms with Gasteiger partial charge in [0, 0.05) is 31.3 Å². The van der Waals surface area contributed by atoms with Crippen molar-refractivity contribution in [3.63, 3.8) is 0 Å². The van der Waals surface area contributed by atoms with E-state index in [2.05, 4.69) is 0 Å². The summed E-state index contributed by atoms with van der Waals surface area (Å²) in [5.74, 6) is -2.51. The summed E-state index contributed by atoms with van der Waals surface area (Å²) >= 11 is 0. The summed E-state index contributed by atoms with van der Waals surface area (Å²) in [6.07, 6.45) is 1.30. The molecule has 1 aliphatic rings. The van der Waals surface area contributed by atoms with Gasteiger partial charge in [-0.25, -0.2) is 9.18 Å². The Morgan fingerprint density at radius 2 is 2.05 bits per heavy atom. The summed E-state index contributed by atoms with van der Waals surface area (Å²) in [7, 11) is 0. The highest BCUT2D eigenvalue weighted by Crippen LogP contribution is 2.32. The quantitative estimate of drug-likeness (QED) is 0.640. The zero-order valence-electron chi connectivity index (χ0n) is 10.6. The molecule has 0 bridgehead atoms. The van der Waals surface area contributed by atoms with Crippen LogP contribution in [0, 0.1) is 15.9 Å². The zero-order chi connectivity index (χ0) is 14.9. The van der Waals surface area contributed by atoms with Crippen LogP contribution in [0.1, 0.15) is 23.2 Å². The fourth-order valence-corrected chi connectivity index (χ4v) is 2.26. The summed E-state index contributed by atoms with van der Waals surface area (Å²) in [6.45, 7) is 0.960. The second kappa shape index (κ2) is 5.41. The average molecular weight is 283 g/mol. The largest absolute Gasteiger partial charge is 0.478 e. The molecular formula is C12H14FN3O4. The summed E-state index contributed by atoms with van der Waals surface area (Å²) in [4.78, 5) is 22.9. The maximum atomic E-state index is 13.7. The molecule has 0 atom stereocenters. The number of carboxylic acid groups (broad SMARTS) is 1. The van der Waals surface area contributed by atoms with E-state index in [1.54, 1.807) is 4.90 Å². The number of piperidine rings is 1. The van der Waals surface area contributed by atoms with Crippen molar-refractivity contribution in [2.75, 3.05) is 18.0 Å². The van der Waals surface area contributed by atoms with Crippen molar-refractivity contribution < 1.29 is 19.2 Å². The lowest BCUT2D eigenvalue weighted by Crippen LogP contribution is -2.40. The van der Waals surface area contributed by atoms with Gasteiger partial charge in [-0.2, -0.15) is 0 Å². The van der Waals surface area contributed by atoms with E-state index in [1.165, 1.54) is 0 Å². The van der Waals surface area contributed by atoms with Crippen LogP contribution in [0.4, 0.5) is 15.8 Å². The van der Waals surface area contributed by atoms with Crippen LogP contribution in [-0.2, 0) is 0 Å². The van der Waals surface area contributed by atoms with Crippen LogP contribution in [0.25, 0.3) is 0 Å². The topological polar surface area (TPSA) is 110 Å². The molecule has 2 rings (SSSR count). The van der Waals surface area contributed by atoms with Crippen LogP contribution >= 0.6 is 0 Å². The Morgan fingerprint density at radius 3 is 2.55 bits per heavy atom. The van der Waals surface area contributed by atoms with E-state index in [-0.39, 0.29) is 11.7 Å². The molecule has 0 unspecified atom stereocenters. The molecule has 1 aliphatic heterocycles. The Hall–Kier alpha value is -2.22. The molecule has 0 radical (unpaired) electrons. The van der Waals surface area contributed by atoms with Gasteiger partial charge >= 0.3 is 5.97 Å². The van der Waals surface area contributed by atoms with Crippen LogP contribution in [0.3, 0.4) is 0 Å². The van der Waals surface area contributed by atoms with Crippen molar-refractivity contribution >= 4 is 17.3 Å². The molecule has 7 nitrogen and oxygen atoms in total. The molecule has 0 amide bonds. The number of rotatable bonds is 3. The fourth-order valence-electron chi connectivity index (χ4n) is 2.26. The van der Waals surface area contributed by atoms with Crippen LogP contribution in [0.15, 0.2) is 12.1 Å². The van der Waals surface area contributed by atoms with Crippen molar-refractivity contribution in [2.24, 2.45) is 5.73 Å². The summed E-state index contributed by atoms with van der Waals surface area (Å²) in [5.41, 5.74) is 4.75. The maximum absolute atomic E-state index is 13.7. The number of benzene rings is 1. The number of hydrogen-bond donors (Lipinski definition) is 2. The minimum atomic E-state index is -1.53. The van der Waals surface area contributed by atoms with Crippen molar-refractivity contribution in [1.82, 2.24) is 0 Å². The average Bonchev–Trinajstić information content (AvgIpc) is 2.38. The van der Waals surface area contributed by atoms with E-state index < -0.39 is 28.0 Å². The van der Waals surface area contributed by atoms with Crippen LogP contribution < -0.4 is 10.6 Å². The minimum Gasteiger partial charge on any atom is -0.478 e. The third kappa shape index (κ3) is 2.69. The summed E-state index contributed by atoms with van der Waals surface area (Å²) in [5, 5.41) is 19.9. The number of carbonyl (C=O) groups is 1. The highest BCUT2D eigenvalue weighted by molar-refractivity contribution is 5.90. The first-order valence-corrected chi connectivity index (χ1v) is 6.12. The Morgan fingerprint density at radius 1 is 1.45 bits per heavy atom. The predicted octanol–water partition coefficient (Wildman–Crippen LogP) is 1.36. The first-order valence-electron chi connectivity index (χ1n) is 6.12. The monoisotopic (exact) mass is 283 g/mol. The lowest BCUT2D eigenvalue weighted by atomic mass is 10.0. The van der Waals surface area contributed by atoms with E-state index in [1.807, 2.05) is 0 Å². The van der Waals surface area contributed by atoms with E-state index >= 15 is 0 Å². The third-order valence-electron chi connectivity index (χ3n) is 3.37. The van der Waals surface area contributed by atoms with Crippen LogP contribution in [0.5, 0.6) is 0 Å². The summed E-state index contributed by atoms with van der Waals surface area (Å²) in [6, 6.07) is 1.72. The molecule has 8 heteroatoms. The SMILES string of the molecule is NC1CCN(c2cc(F)c(C(=O)O)cc2[N+](=O)[O-])CC1. The van der Waals surface area contributed by atoms with Gasteiger partial charge in [0.25, 0.3) is 5.69 Å². The molecule has 1 saturated heterocycles. The Labute approximate surface area is 113 Å². The molecule has 0 aliphatic carbocycles. The van der Waals surface area contributed by atoms with Gasteiger partial charge in [-0.05, 0) is 12.8 Å². The molecule has 0 spiro atoms. The van der Waals surface area contributed by atoms with Gasteiger partial charge in [0.05, 0.1) is 4.92 Å². The van der Waals surface area contributed by atoms with Gasteiger partial charge in [-0.1, -0.05) is 0 Å². The molecule has 3 N–H and O–H groups in total. The number of nitro benzene ring substituents is 1. The van der Waals surface area contributed by atoms with E-state index in [9.17, 15) is 19.3 Å². The van der Waals surface area contributed by atoms with Gasteiger partial charge in [0.2, 0.25) is 0 Å². The highest BCUT2D eigenvalue weighted by Gasteiger charge is 2.27. The molecule has 0 aromatic heterocycles. The zero-order valence-corrected chi connectivity index (χ0v) is 10.6. The number of halogens is 1. The summed E-state index contributed by atoms with van der Waals surface area (Å²) < 4.78 is 13.7.